The molecule has 3 aromatic rings. The lowest BCUT2D eigenvalue weighted by Gasteiger charge is -2.18. The molecule has 1 aromatic carbocycles. The van der Waals surface area contributed by atoms with Gasteiger partial charge in [0.25, 0.3) is 0 Å². The van der Waals surface area contributed by atoms with Crippen LogP contribution in [0.25, 0.3) is 5.69 Å². The molecule has 0 spiro atoms. The topological polar surface area (TPSA) is 86.6 Å². The van der Waals surface area contributed by atoms with Crippen molar-refractivity contribution in [1.29, 1.82) is 0 Å². The highest BCUT2D eigenvalue weighted by molar-refractivity contribution is 6.01. The molecular formula is C23H24F2N4O4. The van der Waals surface area contributed by atoms with Crippen LogP contribution < -0.4 is 9.64 Å². The summed E-state index contributed by atoms with van der Waals surface area (Å²) < 4.78 is 36.3. The molecular weight excluding hydrogens is 434 g/mol. The maximum Gasteiger partial charge on any atom is 0.387 e. The number of carbonyl (C=O) groups excluding carboxylic acids is 2. The van der Waals surface area contributed by atoms with E-state index in [0.717, 1.165) is 5.69 Å². The Morgan fingerprint density at radius 3 is 2.36 bits per heavy atom. The lowest BCUT2D eigenvalue weighted by Crippen LogP contribution is -2.33. The first-order valence-corrected chi connectivity index (χ1v) is 10.1. The van der Waals surface area contributed by atoms with Gasteiger partial charge in [0.05, 0.1) is 0 Å². The second kappa shape index (κ2) is 10.2. The Bertz CT molecular complexity index is 1120. The van der Waals surface area contributed by atoms with Crippen LogP contribution in [-0.4, -0.2) is 52.6 Å². The summed E-state index contributed by atoms with van der Waals surface area (Å²) in [6, 6.07) is 9.47. The minimum atomic E-state index is -2.90. The quantitative estimate of drug-likeness (QED) is 0.357. The molecule has 0 aliphatic rings. The zero-order valence-electron chi connectivity index (χ0n) is 18.7. The summed E-state index contributed by atoms with van der Waals surface area (Å²) >= 11 is 0. The number of alkyl halides is 2. The van der Waals surface area contributed by atoms with Gasteiger partial charge in [-0.3, -0.25) is 9.59 Å². The van der Waals surface area contributed by atoms with Crippen molar-refractivity contribution in [2.75, 3.05) is 18.5 Å². The van der Waals surface area contributed by atoms with Crippen LogP contribution in [0.4, 0.5) is 14.7 Å². The van der Waals surface area contributed by atoms with Gasteiger partial charge in [0.15, 0.2) is 6.10 Å². The third-order valence-electron chi connectivity index (χ3n) is 4.95. The van der Waals surface area contributed by atoms with Crippen molar-refractivity contribution < 1.29 is 27.8 Å². The number of rotatable bonds is 9. The first-order valence-electron chi connectivity index (χ1n) is 10.1. The molecule has 8 nitrogen and oxygen atoms in total. The van der Waals surface area contributed by atoms with Crippen molar-refractivity contribution in [2.24, 2.45) is 0 Å². The number of benzene rings is 1. The largest absolute Gasteiger partial charge is 0.453 e. The minimum Gasteiger partial charge on any atom is -0.453 e. The molecule has 0 unspecified atom stereocenters. The van der Waals surface area contributed by atoms with E-state index in [9.17, 15) is 18.4 Å². The summed E-state index contributed by atoms with van der Waals surface area (Å²) in [7, 11) is 1.65. The number of ether oxygens (including phenoxy) is 2. The van der Waals surface area contributed by atoms with Gasteiger partial charge in [-0.1, -0.05) is 0 Å². The van der Waals surface area contributed by atoms with Gasteiger partial charge in [-0.15, -0.1) is 0 Å². The third-order valence-corrected chi connectivity index (χ3v) is 4.95. The number of carbonyl (C=O) groups is 2. The van der Waals surface area contributed by atoms with E-state index in [1.165, 1.54) is 24.0 Å². The summed E-state index contributed by atoms with van der Waals surface area (Å²) in [5.74, 6) is -0.533. The number of ketones is 1. The first kappa shape index (κ1) is 23.8. The number of aromatic nitrogens is 3. The Kier molecular flexibility index (Phi) is 7.37. The molecule has 0 bridgehead atoms. The molecule has 2 aromatic heterocycles. The first-order chi connectivity index (χ1) is 15.7. The number of halogens is 2. The Labute approximate surface area is 189 Å². The number of anilines is 1. The van der Waals surface area contributed by atoms with E-state index in [-0.39, 0.29) is 18.1 Å². The third kappa shape index (κ3) is 5.71. The van der Waals surface area contributed by atoms with Gasteiger partial charge in [0.2, 0.25) is 11.7 Å². The number of esters is 1. The zero-order valence-corrected chi connectivity index (χ0v) is 18.7. The van der Waals surface area contributed by atoms with Gasteiger partial charge in [-0.05, 0) is 57.2 Å². The molecule has 0 amide bonds. The van der Waals surface area contributed by atoms with Crippen LogP contribution >= 0.6 is 0 Å². The van der Waals surface area contributed by atoms with Crippen molar-refractivity contribution in [3.63, 3.8) is 0 Å². The molecule has 0 saturated carbocycles. The van der Waals surface area contributed by atoms with E-state index < -0.39 is 18.7 Å². The Hall–Kier alpha value is -3.82. The SMILES string of the molecule is Cc1cc(C(=O)[C@H](C)OC(=O)CN(C)c2ncccn2)c(C)n1-c1ccc(OC(F)F)cc1. The fourth-order valence-electron chi connectivity index (χ4n) is 3.45. The highest BCUT2D eigenvalue weighted by atomic mass is 19.3. The van der Waals surface area contributed by atoms with Gasteiger partial charge >= 0.3 is 12.6 Å². The Morgan fingerprint density at radius 1 is 1.12 bits per heavy atom. The number of hydrogen-bond donors (Lipinski definition) is 0. The molecule has 1 atom stereocenters. The van der Waals surface area contributed by atoms with E-state index in [4.69, 9.17) is 4.74 Å². The number of nitrogens with zero attached hydrogens (tertiary/aromatic N) is 4. The maximum absolute atomic E-state index is 13.0. The lowest BCUT2D eigenvalue weighted by atomic mass is 10.1. The van der Waals surface area contributed by atoms with Crippen LogP contribution in [0, 0.1) is 13.8 Å². The molecule has 3 rings (SSSR count). The Morgan fingerprint density at radius 2 is 1.76 bits per heavy atom. The van der Waals surface area contributed by atoms with Crippen molar-refractivity contribution in [3.8, 4) is 11.4 Å². The average Bonchev–Trinajstić information content (AvgIpc) is 3.07. The van der Waals surface area contributed by atoms with Gasteiger partial charge < -0.3 is 18.9 Å². The summed E-state index contributed by atoms with van der Waals surface area (Å²) in [5.41, 5.74) is 2.48. The van der Waals surface area contributed by atoms with Gasteiger partial charge in [-0.2, -0.15) is 8.78 Å². The van der Waals surface area contributed by atoms with Crippen molar-refractivity contribution in [3.05, 3.63) is 65.7 Å². The molecule has 10 heteroatoms. The second-order valence-electron chi connectivity index (χ2n) is 7.39. The molecule has 2 heterocycles. The lowest BCUT2D eigenvalue weighted by molar-refractivity contribution is -0.144. The molecule has 0 aliphatic heterocycles. The molecule has 0 saturated heterocycles. The predicted molar refractivity (Wildman–Crippen MR) is 117 cm³/mol. The summed E-state index contributed by atoms with van der Waals surface area (Å²) in [4.78, 5) is 35.0. The number of aryl methyl sites for hydroxylation is 1. The van der Waals surface area contributed by atoms with E-state index in [2.05, 4.69) is 14.7 Å². The average molecular weight is 458 g/mol. The standard InChI is InChI=1S/C23H24F2N4O4/c1-14-12-19(15(2)29(14)17-6-8-18(9-7-17)33-22(24)25)21(31)16(3)32-20(30)13-28(4)23-26-10-5-11-27-23/h5-12,16,22H,13H2,1-4H3/t16-/m0/s1. The Balaban J connectivity index is 1.70. The molecule has 0 fully saturated rings. The summed E-state index contributed by atoms with van der Waals surface area (Å²) in [5, 5.41) is 0. The van der Waals surface area contributed by atoms with Crippen LogP contribution in [0.5, 0.6) is 5.75 Å². The zero-order chi connectivity index (χ0) is 24.1. The van der Waals surface area contributed by atoms with Gasteiger partial charge in [-0.25, -0.2) is 9.97 Å². The smallest absolute Gasteiger partial charge is 0.387 e. The fourth-order valence-corrected chi connectivity index (χ4v) is 3.45. The summed E-state index contributed by atoms with van der Waals surface area (Å²) in [6.45, 7) is 2.08. The highest BCUT2D eigenvalue weighted by Crippen LogP contribution is 2.24. The van der Waals surface area contributed by atoms with Gasteiger partial charge in [0, 0.05) is 42.1 Å². The second-order valence-corrected chi connectivity index (χ2v) is 7.39. The van der Waals surface area contributed by atoms with Gasteiger partial charge in [0.1, 0.15) is 12.3 Å². The van der Waals surface area contributed by atoms with Crippen LogP contribution in [0.2, 0.25) is 0 Å². The fraction of sp³-hybridized carbons (Fsp3) is 0.304. The van der Waals surface area contributed by atoms with Crippen LogP contribution in [0.1, 0.15) is 28.7 Å². The van der Waals surface area contributed by atoms with Crippen molar-refractivity contribution in [1.82, 2.24) is 14.5 Å². The van der Waals surface area contributed by atoms with E-state index in [1.807, 2.05) is 11.5 Å². The van der Waals surface area contributed by atoms with Crippen molar-refractivity contribution in [2.45, 2.75) is 33.5 Å². The van der Waals surface area contributed by atoms with Crippen LogP contribution in [-0.2, 0) is 9.53 Å². The maximum atomic E-state index is 13.0. The molecule has 174 valence electrons. The van der Waals surface area contributed by atoms with E-state index in [1.54, 1.807) is 50.6 Å². The van der Waals surface area contributed by atoms with E-state index >= 15 is 0 Å². The van der Waals surface area contributed by atoms with Crippen LogP contribution in [0.15, 0.2) is 48.8 Å². The molecule has 0 radical (unpaired) electrons. The summed E-state index contributed by atoms with van der Waals surface area (Å²) in [6.07, 6.45) is 2.12. The predicted octanol–water partition coefficient (Wildman–Crippen LogP) is 3.74. The molecule has 0 aliphatic carbocycles. The molecule has 33 heavy (non-hydrogen) atoms. The number of likely N-dealkylation sites (N-methyl/N-ethyl adjacent to an activating group) is 1. The molecule has 0 N–H and O–H groups in total. The number of hydrogen-bond acceptors (Lipinski definition) is 7. The number of Topliss-reactive ketones (excluding diaryl/α,β-unsaturated/α-hetero) is 1. The van der Waals surface area contributed by atoms with E-state index in [0.29, 0.717) is 22.9 Å². The minimum absolute atomic E-state index is 0.0407. The van der Waals surface area contributed by atoms with Crippen molar-refractivity contribution >= 4 is 17.7 Å². The van der Waals surface area contributed by atoms with Crippen LogP contribution in [0.3, 0.4) is 0 Å². The highest BCUT2D eigenvalue weighted by Gasteiger charge is 2.25. The monoisotopic (exact) mass is 458 g/mol. The normalized spacial score (nSPS) is 11.8.